The second kappa shape index (κ2) is 9.69. The third kappa shape index (κ3) is 4.97. The van der Waals surface area contributed by atoms with Gasteiger partial charge in [0.25, 0.3) is 0 Å². The van der Waals surface area contributed by atoms with Crippen LogP contribution in [0.3, 0.4) is 0 Å². The number of likely N-dealkylation sites (tertiary alicyclic amines) is 1. The molecule has 1 amide bonds. The van der Waals surface area contributed by atoms with E-state index in [2.05, 4.69) is 20.9 Å². The van der Waals surface area contributed by atoms with E-state index >= 15 is 0 Å². The lowest BCUT2D eigenvalue weighted by Crippen LogP contribution is -2.46. The predicted octanol–water partition coefficient (Wildman–Crippen LogP) is 4.83. The molecule has 1 fully saturated rings. The average molecular weight is 463 g/mol. The molecule has 29 heavy (non-hydrogen) atoms. The Kier molecular flexibility index (Phi) is 7.27. The lowest BCUT2D eigenvalue weighted by atomic mass is 9.85. The van der Waals surface area contributed by atoms with Gasteiger partial charge in [0.15, 0.2) is 0 Å². The summed E-state index contributed by atoms with van der Waals surface area (Å²) in [6, 6.07) is 11.7. The molecule has 1 atom stereocenters. The highest BCUT2D eigenvalue weighted by Crippen LogP contribution is 2.38. The summed E-state index contributed by atoms with van der Waals surface area (Å²) in [6.45, 7) is 3.37. The molecule has 1 aromatic carbocycles. The Balaban J connectivity index is 1.63. The third-order valence-electron chi connectivity index (χ3n) is 5.56. The first-order chi connectivity index (χ1) is 14.0. The molecule has 2 aromatic rings. The Morgan fingerprint density at radius 1 is 1.24 bits per heavy atom. The molecule has 0 saturated carbocycles. The number of nitrogens with zero attached hydrogens (tertiary/aromatic N) is 2. The van der Waals surface area contributed by atoms with Crippen LogP contribution in [0.15, 0.2) is 47.1 Å². The SMILES string of the molecule is CO[C@@H](C)c1ncc(C2(OC)CCN(C(=O)OCc3ccccc3)CC2)cc1Br. The van der Waals surface area contributed by atoms with Crippen molar-refractivity contribution in [3.8, 4) is 0 Å². The minimum Gasteiger partial charge on any atom is -0.445 e. The number of hydrogen-bond donors (Lipinski definition) is 0. The van der Waals surface area contributed by atoms with E-state index in [0.717, 1.165) is 21.3 Å². The normalized spacial score (nSPS) is 17.0. The first kappa shape index (κ1) is 21.7. The molecule has 156 valence electrons. The molecule has 0 spiro atoms. The maximum atomic E-state index is 12.4. The number of aromatic nitrogens is 1. The van der Waals surface area contributed by atoms with Crippen LogP contribution in [-0.4, -0.2) is 43.3 Å². The highest BCUT2D eigenvalue weighted by Gasteiger charge is 2.38. The number of rotatable bonds is 6. The molecular weight excluding hydrogens is 436 g/mol. The van der Waals surface area contributed by atoms with Crippen LogP contribution in [0.2, 0.25) is 0 Å². The van der Waals surface area contributed by atoms with Gasteiger partial charge in [-0.3, -0.25) is 4.98 Å². The van der Waals surface area contributed by atoms with Crippen molar-refractivity contribution >= 4 is 22.0 Å². The number of carbonyl (C=O) groups excluding carboxylic acids is 1. The van der Waals surface area contributed by atoms with Gasteiger partial charge in [0.2, 0.25) is 0 Å². The van der Waals surface area contributed by atoms with Crippen molar-refractivity contribution in [1.82, 2.24) is 9.88 Å². The number of amides is 1. The zero-order chi connectivity index (χ0) is 20.9. The van der Waals surface area contributed by atoms with Crippen molar-refractivity contribution in [2.75, 3.05) is 27.3 Å². The van der Waals surface area contributed by atoms with Gasteiger partial charge in [-0.1, -0.05) is 30.3 Å². The van der Waals surface area contributed by atoms with Crippen LogP contribution in [0.5, 0.6) is 0 Å². The summed E-state index contributed by atoms with van der Waals surface area (Å²) in [7, 11) is 3.37. The Hall–Kier alpha value is -1.96. The second-order valence-corrected chi connectivity index (χ2v) is 8.05. The van der Waals surface area contributed by atoms with Crippen molar-refractivity contribution in [2.24, 2.45) is 0 Å². The number of carbonyl (C=O) groups is 1. The molecule has 0 aliphatic carbocycles. The van der Waals surface area contributed by atoms with Gasteiger partial charge in [-0.05, 0) is 47.3 Å². The zero-order valence-electron chi connectivity index (χ0n) is 17.1. The van der Waals surface area contributed by atoms with Crippen LogP contribution in [0.1, 0.15) is 42.7 Å². The number of piperidine rings is 1. The fraction of sp³-hybridized carbons (Fsp3) is 0.455. The fourth-order valence-corrected chi connectivity index (χ4v) is 4.25. The Morgan fingerprint density at radius 3 is 2.52 bits per heavy atom. The topological polar surface area (TPSA) is 60.9 Å². The quantitative estimate of drug-likeness (QED) is 0.615. The molecule has 1 aliphatic rings. The van der Waals surface area contributed by atoms with E-state index in [1.807, 2.05) is 49.5 Å². The number of pyridine rings is 1. The summed E-state index contributed by atoms with van der Waals surface area (Å²) < 4.78 is 17.7. The van der Waals surface area contributed by atoms with E-state index in [-0.39, 0.29) is 18.8 Å². The summed E-state index contributed by atoms with van der Waals surface area (Å²) in [4.78, 5) is 18.8. The van der Waals surface area contributed by atoms with Crippen LogP contribution in [0.4, 0.5) is 4.79 Å². The number of methoxy groups -OCH3 is 2. The molecule has 0 bridgehead atoms. The molecule has 1 aromatic heterocycles. The number of hydrogen-bond acceptors (Lipinski definition) is 5. The maximum absolute atomic E-state index is 12.4. The Bertz CT molecular complexity index is 823. The van der Waals surface area contributed by atoms with Gasteiger partial charge >= 0.3 is 6.09 Å². The number of benzene rings is 1. The molecule has 1 aliphatic heterocycles. The highest BCUT2D eigenvalue weighted by atomic mass is 79.9. The molecule has 0 radical (unpaired) electrons. The molecule has 2 heterocycles. The molecule has 1 saturated heterocycles. The Labute approximate surface area is 180 Å². The largest absolute Gasteiger partial charge is 0.445 e. The number of halogens is 1. The summed E-state index contributed by atoms with van der Waals surface area (Å²) in [5.74, 6) is 0. The van der Waals surface area contributed by atoms with Gasteiger partial charge in [0.1, 0.15) is 6.61 Å². The van der Waals surface area contributed by atoms with Crippen LogP contribution in [0.25, 0.3) is 0 Å². The minimum absolute atomic E-state index is 0.0989. The molecular formula is C22H27BrN2O4. The zero-order valence-corrected chi connectivity index (χ0v) is 18.6. The van der Waals surface area contributed by atoms with Crippen molar-refractivity contribution in [3.63, 3.8) is 0 Å². The first-order valence-electron chi connectivity index (χ1n) is 9.68. The predicted molar refractivity (Wildman–Crippen MR) is 113 cm³/mol. The molecule has 7 heteroatoms. The molecule has 3 rings (SSSR count). The molecule has 0 unspecified atom stereocenters. The summed E-state index contributed by atoms with van der Waals surface area (Å²) >= 11 is 3.60. The van der Waals surface area contributed by atoms with E-state index in [1.165, 1.54) is 0 Å². The van der Waals surface area contributed by atoms with Gasteiger partial charge in [-0.2, -0.15) is 0 Å². The van der Waals surface area contributed by atoms with Crippen LogP contribution in [0, 0.1) is 0 Å². The average Bonchev–Trinajstić information content (AvgIpc) is 2.77. The van der Waals surface area contributed by atoms with Crippen LogP contribution < -0.4 is 0 Å². The van der Waals surface area contributed by atoms with Crippen molar-refractivity contribution in [3.05, 3.63) is 63.9 Å². The van der Waals surface area contributed by atoms with E-state index in [1.54, 1.807) is 19.1 Å². The number of ether oxygens (including phenoxy) is 3. The van der Waals surface area contributed by atoms with Gasteiger partial charge in [-0.25, -0.2) is 4.79 Å². The van der Waals surface area contributed by atoms with E-state index < -0.39 is 5.60 Å². The monoisotopic (exact) mass is 462 g/mol. The highest BCUT2D eigenvalue weighted by molar-refractivity contribution is 9.10. The standard InChI is InChI=1S/C22H27BrN2O4/c1-16(27-2)20-19(23)13-18(14-24-20)22(28-3)9-11-25(12-10-22)21(26)29-15-17-7-5-4-6-8-17/h4-8,13-14,16H,9-12,15H2,1-3H3/t16-/m0/s1. The molecule has 6 nitrogen and oxygen atoms in total. The van der Waals surface area contributed by atoms with Gasteiger partial charge < -0.3 is 19.1 Å². The summed E-state index contributed by atoms with van der Waals surface area (Å²) in [5, 5.41) is 0. The van der Waals surface area contributed by atoms with Crippen molar-refractivity contribution in [2.45, 2.75) is 38.1 Å². The molecule has 0 N–H and O–H groups in total. The van der Waals surface area contributed by atoms with Crippen LogP contribution in [-0.2, 0) is 26.4 Å². The summed E-state index contributed by atoms with van der Waals surface area (Å²) in [5.41, 5.74) is 2.35. The smallest absolute Gasteiger partial charge is 0.410 e. The lowest BCUT2D eigenvalue weighted by molar-refractivity contribution is -0.0608. The van der Waals surface area contributed by atoms with E-state index in [4.69, 9.17) is 14.2 Å². The van der Waals surface area contributed by atoms with Crippen LogP contribution >= 0.6 is 15.9 Å². The van der Waals surface area contributed by atoms with E-state index in [9.17, 15) is 4.79 Å². The van der Waals surface area contributed by atoms with Crippen molar-refractivity contribution in [1.29, 1.82) is 0 Å². The maximum Gasteiger partial charge on any atom is 0.410 e. The van der Waals surface area contributed by atoms with Gasteiger partial charge in [0.05, 0.1) is 17.4 Å². The third-order valence-corrected chi connectivity index (χ3v) is 6.19. The van der Waals surface area contributed by atoms with Gasteiger partial charge in [0, 0.05) is 43.5 Å². The first-order valence-corrected chi connectivity index (χ1v) is 10.5. The summed E-state index contributed by atoms with van der Waals surface area (Å²) in [6.07, 6.45) is 2.82. The van der Waals surface area contributed by atoms with E-state index in [0.29, 0.717) is 25.9 Å². The lowest BCUT2D eigenvalue weighted by Gasteiger charge is -2.40. The Morgan fingerprint density at radius 2 is 1.93 bits per heavy atom. The minimum atomic E-state index is -0.472. The van der Waals surface area contributed by atoms with Crippen molar-refractivity contribution < 1.29 is 19.0 Å². The fourth-order valence-electron chi connectivity index (χ4n) is 3.58. The second-order valence-electron chi connectivity index (χ2n) is 7.19. The van der Waals surface area contributed by atoms with Gasteiger partial charge in [-0.15, -0.1) is 0 Å².